The second-order valence-corrected chi connectivity index (χ2v) is 5.86. The van der Waals surface area contributed by atoms with Crippen molar-refractivity contribution in [2.75, 3.05) is 0 Å². The van der Waals surface area contributed by atoms with Crippen LogP contribution in [0.5, 0.6) is 0 Å². The SMILES string of the molecule is C/C(=C\C(=O)N[C@@H]1CCCCC[C@H]1C(=O)O)C1CC1. The molecule has 2 saturated carbocycles. The predicted molar refractivity (Wildman–Crippen MR) is 72.6 cm³/mol. The van der Waals surface area contributed by atoms with Crippen molar-refractivity contribution >= 4 is 11.9 Å². The quantitative estimate of drug-likeness (QED) is 0.606. The molecule has 2 atom stereocenters. The summed E-state index contributed by atoms with van der Waals surface area (Å²) in [6, 6.07) is -0.212. The average molecular weight is 265 g/mol. The van der Waals surface area contributed by atoms with Crippen molar-refractivity contribution in [3.05, 3.63) is 11.6 Å². The molecule has 2 rings (SSSR count). The molecule has 1 amide bonds. The highest BCUT2D eigenvalue weighted by atomic mass is 16.4. The minimum atomic E-state index is -0.782. The maximum absolute atomic E-state index is 12.0. The lowest BCUT2D eigenvalue weighted by molar-refractivity contribution is -0.143. The van der Waals surface area contributed by atoms with Crippen LogP contribution in [-0.4, -0.2) is 23.0 Å². The highest BCUT2D eigenvalue weighted by molar-refractivity contribution is 5.89. The number of carbonyl (C=O) groups excluding carboxylic acids is 1. The standard InChI is InChI=1S/C15H23NO3/c1-10(11-7-8-11)9-14(17)16-13-6-4-2-3-5-12(13)15(18)19/h9,11-13H,2-8H2,1H3,(H,16,17)(H,18,19)/b10-9+/t12-,13-/m1/s1. The zero-order valence-electron chi connectivity index (χ0n) is 11.5. The van der Waals surface area contributed by atoms with Gasteiger partial charge >= 0.3 is 5.97 Å². The summed E-state index contributed by atoms with van der Waals surface area (Å²) in [5.41, 5.74) is 1.12. The van der Waals surface area contributed by atoms with Crippen LogP contribution in [0, 0.1) is 11.8 Å². The Labute approximate surface area is 114 Å². The summed E-state index contributed by atoms with van der Waals surface area (Å²) >= 11 is 0. The van der Waals surface area contributed by atoms with Gasteiger partial charge in [-0.3, -0.25) is 9.59 Å². The molecule has 0 aliphatic heterocycles. The first kappa shape index (κ1) is 14.1. The number of nitrogens with one attached hydrogen (secondary N) is 1. The van der Waals surface area contributed by atoms with Crippen LogP contribution in [0.3, 0.4) is 0 Å². The summed E-state index contributed by atoms with van der Waals surface area (Å²) in [6.45, 7) is 1.99. The largest absolute Gasteiger partial charge is 0.481 e. The Kier molecular flexibility index (Phi) is 4.61. The number of hydrogen-bond acceptors (Lipinski definition) is 2. The number of rotatable bonds is 4. The van der Waals surface area contributed by atoms with Crippen molar-refractivity contribution in [3.63, 3.8) is 0 Å². The first-order chi connectivity index (χ1) is 9.08. The molecule has 2 aliphatic rings. The van der Waals surface area contributed by atoms with E-state index in [4.69, 9.17) is 0 Å². The van der Waals surface area contributed by atoms with E-state index in [0.717, 1.165) is 31.3 Å². The second-order valence-electron chi connectivity index (χ2n) is 5.86. The van der Waals surface area contributed by atoms with E-state index in [9.17, 15) is 14.7 Å². The number of carboxylic acid groups (broad SMARTS) is 1. The normalized spacial score (nSPS) is 28.6. The van der Waals surface area contributed by atoms with Gasteiger partial charge in [0.2, 0.25) is 5.91 Å². The third kappa shape index (κ3) is 4.08. The number of carboxylic acids is 1. The van der Waals surface area contributed by atoms with Crippen molar-refractivity contribution in [2.45, 2.75) is 57.9 Å². The maximum Gasteiger partial charge on any atom is 0.308 e. The van der Waals surface area contributed by atoms with Gasteiger partial charge in [-0.1, -0.05) is 24.8 Å². The summed E-state index contributed by atoms with van der Waals surface area (Å²) in [4.78, 5) is 23.2. The monoisotopic (exact) mass is 265 g/mol. The van der Waals surface area contributed by atoms with Gasteiger partial charge in [-0.2, -0.15) is 0 Å². The Balaban J connectivity index is 1.95. The predicted octanol–water partition coefficient (Wildman–Crippen LogP) is 2.49. The molecule has 2 N–H and O–H groups in total. The summed E-state index contributed by atoms with van der Waals surface area (Å²) in [5.74, 6) is -0.756. The molecule has 0 aromatic heterocycles. The van der Waals surface area contributed by atoms with Crippen LogP contribution < -0.4 is 5.32 Å². The first-order valence-corrected chi connectivity index (χ1v) is 7.29. The molecule has 0 spiro atoms. The fourth-order valence-corrected chi connectivity index (χ4v) is 2.86. The minimum Gasteiger partial charge on any atom is -0.481 e. The summed E-state index contributed by atoms with van der Waals surface area (Å²) in [5, 5.41) is 12.2. The van der Waals surface area contributed by atoms with Crippen LogP contribution in [0.15, 0.2) is 11.6 Å². The zero-order chi connectivity index (χ0) is 13.8. The molecule has 0 heterocycles. The molecule has 0 saturated heterocycles. The topological polar surface area (TPSA) is 66.4 Å². The van der Waals surface area contributed by atoms with E-state index >= 15 is 0 Å². The molecule has 0 aromatic rings. The van der Waals surface area contributed by atoms with Gasteiger partial charge in [0.25, 0.3) is 0 Å². The van der Waals surface area contributed by atoms with Crippen molar-refractivity contribution < 1.29 is 14.7 Å². The number of amides is 1. The Hall–Kier alpha value is -1.32. The zero-order valence-corrected chi connectivity index (χ0v) is 11.5. The van der Waals surface area contributed by atoms with Gasteiger partial charge < -0.3 is 10.4 Å². The van der Waals surface area contributed by atoms with Gasteiger partial charge in [0, 0.05) is 12.1 Å². The van der Waals surface area contributed by atoms with Gasteiger partial charge in [0.15, 0.2) is 0 Å². The molecule has 19 heavy (non-hydrogen) atoms. The van der Waals surface area contributed by atoms with Crippen molar-refractivity contribution in [1.29, 1.82) is 0 Å². The van der Waals surface area contributed by atoms with Gasteiger partial charge in [0.1, 0.15) is 0 Å². The third-order valence-electron chi connectivity index (χ3n) is 4.24. The van der Waals surface area contributed by atoms with E-state index < -0.39 is 11.9 Å². The third-order valence-corrected chi connectivity index (χ3v) is 4.24. The van der Waals surface area contributed by atoms with Crippen LogP contribution in [0.4, 0.5) is 0 Å². The number of carbonyl (C=O) groups is 2. The van der Waals surface area contributed by atoms with E-state index in [1.807, 2.05) is 6.92 Å². The van der Waals surface area contributed by atoms with Crippen LogP contribution >= 0.6 is 0 Å². The van der Waals surface area contributed by atoms with Crippen molar-refractivity contribution in [3.8, 4) is 0 Å². The Morgan fingerprint density at radius 2 is 1.79 bits per heavy atom. The first-order valence-electron chi connectivity index (χ1n) is 7.29. The highest BCUT2D eigenvalue weighted by Crippen LogP contribution is 2.35. The van der Waals surface area contributed by atoms with Gasteiger partial charge in [-0.15, -0.1) is 0 Å². The minimum absolute atomic E-state index is 0.123. The van der Waals surface area contributed by atoms with Crippen molar-refractivity contribution in [2.24, 2.45) is 11.8 Å². The van der Waals surface area contributed by atoms with Crippen LogP contribution in [0.2, 0.25) is 0 Å². The second kappa shape index (κ2) is 6.22. The number of aliphatic carboxylic acids is 1. The van der Waals surface area contributed by atoms with E-state index in [2.05, 4.69) is 5.32 Å². The Bertz CT molecular complexity index is 385. The molecule has 4 nitrogen and oxygen atoms in total. The molecule has 106 valence electrons. The molecule has 0 radical (unpaired) electrons. The average Bonchev–Trinajstić information content (AvgIpc) is 3.15. The summed E-state index contributed by atoms with van der Waals surface area (Å²) in [6.07, 6.45) is 8.47. The summed E-state index contributed by atoms with van der Waals surface area (Å²) < 4.78 is 0. The fraction of sp³-hybridized carbons (Fsp3) is 0.733. The van der Waals surface area contributed by atoms with Crippen molar-refractivity contribution in [1.82, 2.24) is 5.32 Å². The molecule has 0 bridgehead atoms. The number of hydrogen-bond donors (Lipinski definition) is 2. The molecule has 0 unspecified atom stereocenters. The van der Waals surface area contributed by atoms with Crippen LogP contribution in [0.25, 0.3) is 0 Å². The van der Waals surface area contributed by atoms with E-state index in [0.29, 0.717) is 12.3 Å². The molecule has 2 aliphatic carbocycles. The summed E-state index contributed by atoms with van der Waals surface area (Å²) in [7, 11) is 0. The highest BCUT2D eigenvalue weighted by Gasteiger charge is 2.30. The lowest BCUT2D eigenvalue weighted by Crippen LogP contribution is -2.42. The smallest absolute Gasteiger partial charge is 0.308 e. The lowest BCUT2D eigenvalue weighted by Gasteiger charge is -2.22. The van der Waals surface area contributed by atoms with Gasteiger partial charge in [-0.25, -0.2) is 0 Å². The molecular weight excluding hydrogens is 242 g/mol. The molecular formula is C15H23NO3. The van der Waals surface area contributed by atoms with Gasteiger partial charge in [0.05, 0.1) is 5.92 Å². The molecule has 2 fully saturated rings. The number of allylic oxidation sites excluding steroid dienone is 1. The van der Waals surface area contributed by atoms with Crippen LogP contribution in [-0.2, 0) is 9.59 Å². The van der Waals surface area contributed by atoms with E-state index in [1.165, 1.54) is 12.8 Å². The Morgan fingerprint density at radius 3 is 2.42 bits per heavy atom. The van der Waals surface area contributed by atoms with E-state index in [1.54, 1.807) is 6.08 Å². The Morgan fingerprint density at radius 1 is 1.11 bits per heavy atom. The maximum atomic E-state index is 12.0. The fourth-order valence-electron chi connectivity index (χ4n) is 2.86. The molecule has 4 heteroatoms. The van der Waals surface area contributed by atoms with Crippen LogP contribution in [0.1, 0.15) is 51.9 Å². The van der Waals surface area contributed by atoms with Gasteiger partial charge in [-0.05, 0) is 38.5 Å². The molecule has 0 aromatic carbocycles. The van der Waals surface area contributed by atoms with E-state index in [-0.39, 0.29) is 11.9 Å². The lowest BCUT2D eigenvalue weighted by atomic mass is 9.95.